The van der Waals surface area contributed by atoms with E-state index in [1.165, 1.54) is 6.08 Å². The van der Waals surface area contributed by atoms with Gasteiger partial charge in [-0.15, -0.1) is 0 Å². The Morgan fingerprint density at radius 1 is 1.07 bits per heavy atom. The molecule has 0 saturated heterocycles. The van der Waals surface area contributed by atoms with Crippen LogP contribution in [0, 0.1) is 11.3 Å². The largest absolute Gasteiger partial charge is 0.462 e. The van der Waals surface area contributed by atoms with E-state index in [9.17, 15) is 14.9 Å². The topological polar surface area (TPSA) is 92.3 Å². The van der Waals surface area contributed by atoms with Crippen molar-refractivity contribution in [1.29, 1.82) is 5.26 Å². The van der Waals surface area contributed by atoms with E-state index in [1.54, 1.807) is 43.3 Å². The monoisotopic (exact) mass is 400 g/mol. The van der Waals surface area contributed by atoms with E-state index in [0.717, 1.165) is 11.1 Å². The zero-order chi connectivity index (χ0) is 21.3. The molecule has 0 aliphatic carbocycles. The molecule has 30 heavy (non-hydrogen) atoms. The fraction of sp³-hybridized carbons (Fsp3) is 0.125. The molecule has 0 bridgehead atoms. The molecule has 0 unspecified atom stereocenters. The predicted molar refractivity (Wildman–Crippen MR) is 112 cm³/mol. The highest BCUT2D eigenvalue weighted by Gasteiger charge is 2.12. The standard InChI is InChI=1S/C24H20N2O4/c1-2-29-24(28)19-10-8-18(9-11-19)22-13-12-21(30-22)14-20(15-25)23(27)26-16-17-6-4-3-5-7-17/h3-14H,2,16H2,1H3,(H,26,27). The Morgan fingerprint density at radius 3 is 2.47 bits per heavy atom. The van der Waals surface area contributed by atoms with Crippen LogP contribution in [0.1, 0.15) is 28.6 Å². The minimum absolute atomic E-state index is 0.0514. The molecule has 6 heteroatoms. The Labute approximate surface area is 174 Å². The van der Waals surface area contributed by atoms with Gasteiger partial charge in [0.1, 0.15) is 23.2 Å². The first-order chi connectivity index (χ1) is 14.6. The molecular formula is C24H20N2O4. The molecule has 0 atom stereocenters. The lowest BCUT2D eigenvalue weighted by Crippen LogP contribution is -2.23. The van der Waals surface area contributed by atoms with Crippen molar-refractivity contribution in [1.82, 2.24) is 5.32 Å². The molecule has 1 aromatic heterocycles. The van der Waals surface area contributed by atoms with E-state index in [2.05, 4.69) is 5.32 Å². The molecule has 1 N–H and O–H groups in total. The van der Waals surface area contributed by atoms with E-state index in [4.69, 9.17) is 9.15 Å². The summed E-state index contributed by atoms with van der Waals surface area (Å²) in [6.07, 6.45) is 1.40. The first kappa shape index (κ1) is 20.6. The molecule has 1 amide bonds. The van der Waals surface area contributed by atoms with Crippen LogP contribution in [0.15, 0.2) is 76.7 Å². The van der Waals surface area contributed by atoms with Crippen molar-refractivity contribution < 1.29 is 18.7 Å². The molecule has 2 aromatic carbocycles. The van der Waals surface area contributed by atoms with Gasteiger partial charge in [0.05, 0.1) is 12.2 Å². The summed E-state index contributed by atoms with van der Waals surface area (Å²) in [5, 5.41) is 12.1. The summed E-state index contributed by atoms with van der Waals surface area (Å²) in [4.78, 5) is 24.0. The molecule has 3 rings (SSSR count). The van der Waals surface area contributed by atoms with Gasteiger partial charge in [-0.05, 0) is 36.8 Å². The summed E-state index contributed by atoms with van der Waals surface area (Å²) >= 11 is 0. The van der Waals surface area contributed by atoms with Crippen LogP contribution in [0.4, 0.5) is 0 Å². The molecule has 0 radical (unpaired) electrons. The van der Waals surface area contributed by atoms with Crippen molar-refractivity contribution in [3.63, 3.8) is 0 Å². The molecule has 0 spiro atoms. The highest BCUT2D eigenvalue weighted by Crippen LogP contribution is 2.24. The van der Waals surface area contributed by atoms with Gasteiger partial charge in [-0.1, -0.05) is 42.5 Å². The second kappa shape index (κ2) is 9.89. The summed E-state index contributed by atoms with van der Waals surface area (Å²) in [5.41, 5.74) is 2.10. The van der Waals surface area contributed by atoms with Gasteiger partial charge in [0.2, 0.25) is 0 Å². The Balaban J connectivity index is 1.69. The number of hydrogen-bond acceptors (Lipinski definition) is 5. The molecule has 150 valence electrons. The van der Waals surface area contributed by atoms with E-state index < -0.39 is 5.91 Å². The number of amides is 1. The smallest absolute Gasteiger partial charge is 0.338 e. The second-order valence-corrected chi connectivity index (χ2v) is 6.34. The van der Waals surface area contributed by atoms with Crippen LogP contribution in [0.3, 0.4) is 0 Å². The van der Waals surface area contributed by atoms with Gasteiger partial charge in [-0.25, -0.2) is 4.79 Å². The van der Waals surface area contributed by atoms with Crippen LogP contribution in [-0.2, 0) is 16.1 Å². The maximum Gasteiger partial charge on any atom is 0.338 e. The average Bonchev–Trinajstić information content (AvgIpc) is 3.25. The van der Waals surface area contributed by atoms with E-state index in [1.807, 2.05) is 36.4 Å². The van der Waals surface area contributed by atoms with E-state index >= 15 is 0 Å². The Bertz CT molecular complexity index is 1090. The number of furan rings is 1. The Hall–Kier alpha value is -4.11. The number of ether oxygens (including phenoxy) is 1. The highest BCUT2D eigenvalue weighted by molar-refractivity contribution is 6.01. The lowest BCUT2D eigenvalue weighted by molar-refractivity contribution is -0.117. The van der Waals surface area contributed by atoms with Crippen LogP contribution < -0.4 is 5.32 Å². The minimum Gasteiger partial charge on any atom is -0.462 e. The van der Waals surface area contributed by atoms with Gasteiger partial charge in [0.15, 0.2) is 0 Å². The third-order valence-corrected chi connectivity index (χ3v) is 4.25. The van der Waals surface area contributed by atoms with Gasteiger partial charge in [0.25, 0.3) is 5.91 Å². The minimum atomic E-state index is -0.474. The Kier molecular flexibility index (Phi) is 6.80. The summed E-state index contributed by atoms with van der Waals surface area (Å²) in [6.45, 7) is 2.39. The van der Waals surface area contributed by atoms with E-state index in [-0.39, 0.29) is 11.5 Å². The van der Waals surface area contributed by atoms with Crippen LogP contribution >= 0.6 is 0 Å². The molecule has 0 saturated carbocycles. The van der Waals surface area contributed by atoms with Crippen LogP contribution in [0.25, 0.3) is 17.4 Å². The molecule has 3 aromatic rings. The lowest BCUT2D eigenvalue weighted by atomic mass is 10.1. The van der Waals surface area contributed by atoms with Crippen molar-refractivity contribution in [3.8, 4) is 17.4 Å². The fourth-order valence-electron chi connectivity index (χ4n) is 2.73. The normalized spacial score (nSPS) is 10.9. The third kappa shape index (κ3) is 5.24. The highest BCUT2D eigenvalue weighted by atomic mass is 16.5. The van der Waals surface area contributed by atoms with Gasteiger partial charge in [-0.3, -0.25) is 4.79 Å². The van der Waals surface area contributed by atoms with Crippen molar-refractivity contribution in [2.45, 2.75) is 13.5 Å². The average molecular weight is 400 g/mol. The first-order valence-electron chi connectivity index (χ1n) is 9.42. The summed E-state index contributed by atoms with van der Waals surface area (Å²) < 4.78 is 10.7. The number of nitrogens with one attached hydrogen (secondary N) is 1. The third-order valence-electron chi connectivity index (χ3n) is 4.25. The number of rotatable bonds is 7. The van der Waals surface area contributed by atoms with Gasteiger partial charge in [0, 0.05) is 18.2 Å². The van der Waals surface area contributed by atoms with Gasteiger partial charge in [-0.2, -0.15) is 5.26 Å². The second-order valence-electron chi connectivity index (χ2n) is 6.34. The number of benzene rings is 2. The van der Waals surface area contributed by atoms with Crippen molar-refractivity contribution in [3.05, 3.63) is 89.2 Å². The number of hydrogen-bond donors (Lipinski definition) is 1. The number of nitrogens with zero attached hydrogens (tertiary/aromatic N) is 1. The number of carbonyl (C=O) groups excluding carboxylic acids is 2. The van der Waals surface area contributed by atoms with Crippen molar-refractivity contribution >= 4 is 18.0 Å². The Morgan fingerprint density at radius 2 is 1.80 bits per heavy atom. The van der Waals surface area contributed by atoms with Crippen LogP contribution in [0.2, 0.25) is 0 Å². The molecule has 0 fully saturated rings. The predicted octanol–water partition coefficient (Wildman–Crippen LogP) is 4.35. The summed E-state index contributed by atoms with van der Waals surface area (Å²) in [6, 6.07) is 21.6. The van der Waals surface area contributed by atoms with Gasteiger partial charge < -0.3 is 14.5 Å². The number of carbonyl (C=O) groups is 2. The van der Waals surface area contributed by atoms with E-state index in [0.29, 0.717) is 30.2 Å². The van der Waals surface area contributed by atoms with Crippen molar-refractivity contribution in [2.24, 2.45) is 0 Å². The zero-order valence-electron chi connectivity index (χ0n) is 16.4. The summed E-state index contributed by atoms with van der Waals surface area (Å²) in [7, 11) is 0. The lowest BCUT2D eigenvalue weighted by Gasteiger charge is -2.04. The van der Waals surface area contributed by atoms with Crippen LogP contribution in [0.5, 0.6) is 0 Å². The molecule has 1 heterocycles. The molecule has 6 nitrogen and oxygen atoms in total. The van der Waals surface area contributed by atoms with Crippen LogP contribution in [-0.4, -0.2) is 18.5 Å². The quantitative estimate of drug-likeness (QED) is 0.362. The number of esters is 1. The molecular weight excluding hydrogens is 380 g/mol. The molecule has 0 aliphatic heterocycles. The first-order valence-corrected chi connectivity index (χ1v) is 9.42. The fourth-order valence-corrected chi connectivity index (χ4v) is 2.73. The maximum absolute atomic E-state index is 12.3. The number of nitriles is 1. The maximum atomic E-state index is 12.3. The SMILES string of the molecule is CCOC(=O)c1ccc(-c2ccc(C=C(C#N)C(=O)NCc3ccccc3)o2)cc1. The zero-order valence-corrected chi connectivity index (χ0v) is 16.4. The molecule has 0 aliphatic rings. The summed E-state index contributed by atoms with van der Waals surface area (Å²) in [5.74, 6) is 0.0786. The van der Waals surface area contributed by atoms with Crippen molar-refractivity contribution in [2.75, 3.05) is 6.61 Å². The van der Waals surface area contributed by atoms with Gasteiger partial charge >= 0.3 is 5.97 Å².